The third-order valence-electron chi connectivity index (χ3n) is 4.84. The fourth-order valence-electron chi connectivity index (χ4n) is 3.66. The Balaban J connectivity index is 0.00000225. The molecule has 134 valence electrons. The summed E-state index contributed by atoms with van der Waals surface area (Å²) in [5, 5.41) is 12.4. The van der Waals surface area contributed by atoms with Crippen molar-refractivity contribution in [3.8, 4) is 0 Å². The Kier molecular flexibility index (Phi) is 7.38. The van der Waals surface area contributed by atoms with Gasteiger partial charge >= 0.3 is 0 Å². The summed E-state index contributed by atoms with van der Waals surface area (Å²) >= 11 is 0. The molecular weight excluding hydrogens is 336 g/mol. The monoisotopic (exact) mass is 360 g/mol. The molecule has 0 saturated heterocycles. The molecule has 2 aromatic rings. The number of hydrogen-bond donors (Lipinski definition) is 1. The molecule has 0 spiro atoms. The van der Waals surface area contributed by atoms with Gasteiger partial charge in [-0.05, 0) is 62.1 Å². The van der Waals surface area contributed by atoms with E-state index in [-0.39, 0.29) is 18.2 Å². The molecule has 1 N–H and O–H groups in total. The van der Waals surface area contributed by atoms with Crippen LogP contribution in [0, 0.1) is 0 Å². The molecule has 1 aliphatic carbocycles. The fraction of sp³-hybridized carbons (Fsp3) is 0.450. The van der Waals surface area contributed by atoms with E-state index in [1.165, 1.54) is 35.0 Å². The molecule has 1 aromatic carbocycles. The second-order valence-corrected chi connectivity index (χ2v) is 6.51. The summed E-state index contributed by atoms with van der Waals surface area (Å²) in [6, 6.07) is 8.45. The predicted molar refractivity (Wildman–Crippen MR) is 103 cm³/mol. The second-order valence-electron chi connectivity index (χ2n) is 6.51. The number of nitrogens with zero attached hydrogens (tertiary/aromatic N) is 2. The number of carbonyl (C=O) groups is 1. The standard InChI is InChI=1S/C20H24N2O2.ClH/c23-15(14-21-24)8-2-1-3-9-16-17-10-4-6-12-19(17)22-20-13-7-5-11-18(16)20;/h4,6,10,12,14,24H,1-3,5,7-9,11,13H2;1H/b21-14+;. The summed E-state index contributed by atoms with van der Waals surface area (Å²) in [5.41, 5.74) is 5.36. The first-order valence-corrected chi connectivity index (χ1v) is 8.89. The van der Waals surface area contributed by atoms with E-state index < -0.39 is 0 Å². The van der Waals surface area contributed by atoms with E-state index in [9.17, 15) is 4.79 Å². The van der Waals surface area contributed by atoms with Gasteiger partial charge in [0.05, 0.1) is 5.52 Å². The lowest BCUT2D eigenvalue weighted by Crippen LogP contribution is -2.10. The van der Waals surface area contributed by atoms with E-state index in [4.69, 9.17) is 10.2 Å². The van der Waals surface area contributed by atoms with E-state index in [1.54, 1.807) is 0 Å². The topological polar surface area (TPSA) is 62.5 Å². The van der Waals surface area contributed by atoms with Gasteiger partial charge in [0.1, 0.15) is 6.21 Å². The Hall–Kier alpha value is -1.94. The number of oxime groups is 1. The van der Waals surface area contributed by atoms with Gasteiger partial charge in [0.2, 0.25) is 0 Å². The molecular formula is C20H25ClN2O2. The lowest BCUT2D eigenvalue weighted by atomic mass is 9.87. The van der Waals surface area contributed by atoms with Gasteiger partial charge in [0.15, 0.2) is 5.78 Å². The van der Waals surface area contributed by atoms with E-state index in [1.807, 2.05) is 0 Å². The number of hydrogen-bond acceptors (Lipinski definition) is 4. The maximum atomic E-state index is 11.3. The molecule has 0 radical (unpaired) electrons. The SMILES string of the molecule is Cl.O=C(/C=N/O)CCCCCc1c2c(nc3ccccc13)CCCC2. The zero-order chi connectivity index (χ0) is 16.8. The first kappa shape index (κ1) is 19.4. The van der Waals surface area contributed by atoms with Crippen LogP contribution in [0.15, 0.2) is 29.4 Å². The van der Waals surface area contributed by atoms with E-state index in [2.05, 4.69) is 29.4 Å². The number of para-hydroxylation sites is 1. The molecule has 1 heterocycles. The molecule has 1 aliphatic rings. The molecule has 25 heavy (non-hydrogen) atoms. The number of carbonyl (C=O) groups excluding carboxylic acids is 1. The number of halogens is 1. The second kappa shape index (κ2) is 9.52. The van der Waals surface area contributed by atoms with Gasteiger partial charge in [-0.2, -0.15) is 0 Å². The minimum atomic E-state index is -0.107. The van der Waals surface area contributed by atoms with Crippen LogP contribution in [0.4, 0.5) is 0 Å². The molecule has 1 aromatic heterocycles. The minimum absolute atomic E-state index is 0. The number of ketones is 1. The van der Waals surface area contributed by atoms with Crippen LogP contribution in [0.3, 0.4) is 0 Å². The first-order chi connectivity index (χ1) is 11.8. The van der Waals surface area contributed by atoms with Crippen LogP contribution in [-0.4, -0.2) is 22.2 Å². The van der Waals surface area contributed by atoms with Crippen molar-refractivity contribution in [2.45, 2.75) is 57.8 Å². The summed E-state index contributed by atoms with van der Waals surface area (Å²) in [7, 11) is 0. The number of benzene rings is 1. The van der Waals surface area contributed by atoms with Crippen LogP contribution in [-0.2, 0) is 24.1 Å². The molecule has 5 heteroatoms. The van der Waals surface area contributed by atoms with Crippen LogP contribution >= 0.6 is 12.4 Å². The van der Waals surface area contributed by atoms with Crippen molar-refractivity contribution in [1.29, 1.82) is 0 Å². The highest BCUT2D eigenvalue weighted by molar-refractivity contribution is 6.27. The molecule has 0 unspecified atom stereocenters. The van der Waals surface area contributed by atoms with E-state index in [0.29, 0.717) is 6.42 Å². The number of aryl methyl sites for hydroxylation is 2. The van der Waals surface area contributed by atoms with Crippen molar-refractivity contribution in [2.24, 2.45) is 5.16 Å². The van der Waals surface area contributed by atoms with Crippen LogP contribution in [0.1, 0.15) is 55.3 Å². The predicted octanol–water partition coefficient (Wildman–Crippen LogP) is 4.67. The van der Waals surface area contributed by atoms with Gasteiger partial charge in [-0.25, -0.2) is 0 Å². The quantitative estimate of drug-likeness (QED) is 0.338. The number of aromatic nitrogens is 1. The van der Waals surface area contributed by atoms with Gasteiger partial charge in [-0.1, -0.05) is 29.8 Å². The van der Waals surface area contributed by atoms with Gasteiger partial charge in [0.25, 0.3) is 0 Å². The zero-order valence-corrected chi connectivity index (χ0v) is 15.2. The molecule has 4 nitrogen and oxygen atoms in total. The van der Waals surface area contributed by atoms with E-state index in [0.717, 1.165) is 50.3 Å². The summed E-state index contributed by atoms with van der Waals surface area (Å²) in [4.78, 5) is 16.2. The largest absolute Gasteiger partial charge is 0.411 e. The van der Waals surface area contributed by atoms with Gasteiger partial charge in [0, 0.05) is 17.5 Å². The normalized spacial score (nSPS) is 13.6. The van der Waals surface area contributed by atoms with Crippen molar-refractivity contribution in [1.82, 2.24) is 4.98 Å². The van der Waals surface area contributed by atoms with Crippen LogP contribution in [0.25, 0.3) is 10.9 Å². The molecule has 3 rings (SSSR count). The summed E-state index contributed by atoms with van der Waals surface area (Å²) in [5.74, 6) is -0.107. The van der Waals surface area contributed by atoms with Crippen molar-refractivity contribution in [2.75, 3.05) is 0 Å². The van der Waals surface area contributed by atoms with Crippen molar-refractivity contribution in [3.63, 3.8) is 0 Å². The molecule has 0 saturated carbocycles. The Morgan fingerprint density at radius 1 is 1.16 bits per heavy atom. The average molecular weight is 361 g/mol. The van der Waals surface area contributed by atoms with Gasteiger partial charge in [-0.15, -0.1) is 12.4 Å². The minimum Gasteiger partial charge on any atom is -0.411 e. The van der Waals surface area contributed by atoms with Gasteiger partial charge in [-0.3, -0.25) is 9.78 Å². The molecule has 0 amide bonds. The van der Waals surface area contributed by atoms with Crippen molar-refractivity contribution in [3.05, 3.63) is 41.1 Å². The number of pyridine rings is 1. The van der Waals surface area contributed by atoms with Crippen LogP contribution in [0.5, 0.6) is 0 Å². The smallest absolute Gasteiger partial charge is 0.177 e. The highest BCUT2D eigenvalue weighted by atomic mass is 35.5. The molecule has 0 bridgehead atoms. The third-order valence-corrected chi connectivity index (χ3v) is 4.84. The number of unbranched alkanes of at least 4 members (excludes halogenated alkanes) is 2. The highest BCUT2D eigenvalue weighted by Crippen LogP contribution is 2.30. The van der Waals surface area contributed by atoms with E-state index >= 15 is 0 Å². The Morgan fingerprint density at radius 3 is 2.80 bits per heavy atom. The van der Waals surface area contributed by atoms with Crippen LogP contribution < -0.4 is 0 Å². The Morgan fingerprint density at radius 2 is 1.96 bits per heavy atom. The Bertz CT molecular complexity index is 759. The average Bonchev–Trinajstić information content (AvgIpc) is 2.61. The first-order valence-electron chi connectivity index (χ1n) is 8.89. The maximum absolute atomic E-state index is 11.3. The lowest BCUT2D eigenvalue weighted by Gasteiger charge is -2.20. The molecule has 0 fully saturated rings. The highest BCUT2D eigenvalue weighted by Gasteiger charge is 2.17. The fourth-order valence-corrected chi connectivity index (χ4v) is 3.66. The number of fused-ring (bicyclic) bond motifs is 2. The summed E-state index contributed by atoms with van der Waals surface area (Å²) in [6.45, 7) is 0. The van der Waals surface area contributed by atoms with Crippen molar-refractivity contribution < 1.29 is 10.0 Å². The summed E-state index contributed by atoms with van der Waals surface area (Å²) < 4.78 is 0. The third kappa shape index (κ3) is 4.79. The number of rotatable bonds is 7. The lowest BCUT2D eigenvalue weighted by molar-refractivity contribution is -0.112. The van der Waals surface area contributed by atoms with Gasteiger partial charge < -0.3 is 5.21 Å². The summed E-state index contributed by atoms with van der Waals surface area (Å²) in [6.07, 6.45) is 10.2. The van der Waals surface area contributed by atoms with Crippen LogP contribution in [0.2, 0.25) is 0 Å². The Labute approximate surface area is 154 Å². The molecule has 0 atom stereocenters. The number of Topliss-reactive ketones (excluding diaryl/α,β-unsaturated/α-hetero) is 1. The molecule has 0 aliphatic heterocycles. The maximum Gasteiger partial charge on any atom is 0.177 e. The van der Waals surface area contributed by atoms with Crippen molar-refractivity contribution >= 4 is 35.3 Å². The zero-order valence-electron chi connectivity index (χ0n) is 14.4.